The van der Waals surface area contributed by atoms with Crippen molar-refractivity contribution in [2.45, 2.75) is 0 Å². The minimum absolute atomic E-state index is 0.806. The van der Waals surface area contributed by atoms with E-state index in [1.54, 1.807) is 0 Å². The molecule has 0 aromatic carbocycles. The van der Waals surface area contributed by atoms with Crippen LogP contribution in [0.15, 0.2) is 0 Å². The summed E-state index contributed by atoms with van der Waals surface area (Å²) in [5.74, 6) is 0. The van der Waals surface area contributed by atoms with Crippen LogP contribution in [0.1, 0.15) is 0 Å². The van der Waals surface area contributed by atoms with Crippen LogP contribution < -0.4 is 5.40 Å². The summed E-state index contributed by atoms with van der Waals surface area (Å²) >= 11 is -2.00. The van der Waals surface area contributed by atoms with Gasteiger partial charge in [-0.2, -0.15) is 0 Å². The Balaban J connectivity index is 0. The molecule has 0 saturated heterocycles. The molecule has 0 radical (unpaired) electrons. The topological polar surface area (TPSA) is 60.2 Å². The van der Waals surface area contributed by atoms with E-state index in [1.807, 2.05) is 0 Å². The summed E-state index contributed by atoms with van der Waals surface area (Å²) in [6.45, 7) is 0. The van der Waals surface area contributed by atoms with Gasteiger partial charge in [0.25, 0.3) is 0 Å². The Hall–Kier alpha value is 0.491. The van der Waals surface area contributed by atoms with Crippen molar-refractivity contribution in [3.05, 3.63) is 0 Å². The van der Waals surface area contributed by atoms with E-state index in [0.29, 0.717) is 0 Å². The zero-order chi connectivity index (χ0) is 4.71. The number of hydrogen-bond donors (Lipinski definition) is 1. The van der Waals surface area contributed by atoms with Gasteiger partial charge in [-0.05, 0) is 0 Å². The molecule has 0 saturated carbocycles. The molecule has 0 aliphatic heterocycles. The second-order valence-electron chi connectivity index (χ2n) is 0.0833. The first kappa shape index (κ1) is 9.09. The molecule has 0 aliphatic carbocycles. The fourth-order valence-electron chi connectivity index (χ4n) is 0. The van der Waals surface area contributed by atoms with Gasteiger partial charge in [-0.25, -0.2) is 0 Å². The first-order valence-electron chi connectivity index (χ1n) is 0.986. The van der Waals surface area contributed by atoms with Gasteiger partial charge in [0.15, 0.2) is 0 Å². The van der Waals surface area contributed by atoms with E-state index < -0.39 is 19.1 Å². The standard InChI is InChI=1S/H5NSi.2O.Ti/c1-2;;;/h1H2,2H3;;;. The van der Waals surface area contributed by atoms with Crippen LogP contribution in [-0.2, 0) is 25.7 Å². The normalized spacial score (nSPS) is 3.40. The predicted molar refractivity (Wildman–Crippen MR) is 15.5 cm³/mol. The SMILES string of the molecule is N[SiH3].[O]=[Ti]=[O]. The minimum atomic E-state index is -2.00. The summed E-state index contributed by atoms with van der Waals surface area (Å²) in [6.07, 6.45) is 0. The molecule has 30 valence electrons. The summed E-state index contributed by atoms with van der Waals surface area (Å²) in [6, 6.07) is 0. The van der Waals surface area contributed by atoms with Gasteiger partial charge in [-0.1, -0.05) is 0 Å². The zero-order valence-electron chi connectivity index (χ0n) is 2.89. The molecule has 3 nitrogen and oxygen atoms in total. The summed E-state index contributed by atoms with van der Waals surface area (Å²) < 4.78 is 17.0. The first-order valence-corrected chi connectivity index (χ1v) is 3.42. The van der Waals surface area contributed by atoms with Crippen LogP contribution in [0.3, 0.4) is 0 Å². The second-order valence-corrected chi connectivity index (χ2v) is 0.344. The molecule has 0 spiro atoms. The van der Waals surface area contributed by atoms with Crippen LogP contribution in [0, 0.1) is 0 Å². The van der Waals surface area contributed by atoms with Crippen LogP contribution in [0.25, 0.3) is 0 Å². The van der Waals surface area contributed by atoms with E-state index in [9.17, 15) is 0 Å². The van der Waals surface area contributed by atoms with Crippen molar-refractivity contribution in [1.29, 1.82) is 0 Å². The summed E-state index contributed by atoms with van der Waals surface area (Å²) in [7, 11) is 0.806. The fourth-order valence-corrected chi connectivity index (χ4v) is 0. The van der Waals surface area contributed by atoms with Crippen molar-refractivity contribution in [2.75, 3.05) is 0 Å². The van der Waals surface area contributed by atoms with Crippen molar-refractivity contribution < 1.29 is 25.7 Å². The molecule has 0 atom stereocenters. The van der Waals surface area contributed by atoms with Crippen LogP contribution in [0.2, 0.25) is 0 Å². The van der Waals surface area contributed by atoms with Gasteiger partial charge in [0, 0.05) is 0 Å². The van der Waals surface area contributed by atoms with Crippen molar-refractivity contribution in [3.8, 4) is 0 Å². The molecule has 0 bridgehead atoms. The average Bonchev–Trinajstić information content (AvgIpc) is 1.46. The molecule has 0 unspecified atom stereocenters. The van der Waals surface area contributed by atoms with Crippen LogP contribution in [0.4, 0.5) is 0 Å². The Morgan fingerprint density at radius 2 is 1.40 bits per heavy atom. The van der Waals surface area contributed by atoms with Gasteiger partial charge < -0.3 is 5.40 Å². The van der Waals surface area contributed by atoms with Crippen molar-refractivity contribution >= 4 is 10.4 Å². The van der Waals surface area contributed by atoms with E-state index in [0.717, 1.165) is 10.4 Å². The Bertz CT molecular complexity index is 30.6. The van der Waals surface area contributed by atoms with Crippen LogP contribution >= 0.6 is 0 Å². The molecule has 0 aromatic heterocycles. The van der Waals surface area contributed by atoms with Crippen molar-refractivity contribution in [2.24, 2.45) is 5.40 Å². The fraction of sp³-hybridized carbons (Fsp3) is 0. The van der Waals surface area contributed by atoms with Gasteiger partial charge >= 0.3 is 25.7 Å². The molecule has 5 heteroatoms. The third kappa shape index (κ3) is 116. The van der Waals surface area contributed by atoms with Gasteiger partial charge in [0.2, 0.25) is 0 Å². The Labute approximate surface area is 42.0 Å². The molecule has 0 rings (SSSR count). The Morgan fingerprint density at radius 1 is 1.40 bits per heavy atom. The molecule has 0 heterocycles. The van der Waals surface area contributed by atoms with Crippen molar-refractivity contribution in [3.63, 3.8) is 0 Å². The second kappa shape index (κ2) is 24.6. The summed E-state index contributed by atoms with van der Waals surface area (Å²) in [5.41, 5.74) is 0. The molecule has 2 N–H and O–H groups in total. The van der Waals surface area contributed by atoms with Crippen LogP contribution in [-0.4, -0.2) is 10.4 Å². The third-order valence-corrected chi connectivity index (χ3v) is 0. The predicted octanol–water partition coefficient (Wildman–Crippen LogP) is -2.01. The molecule has 0 fully saturated rings. The molecule has 5 heavy (non-hydrogen) atoms. The van der Waals surface area contributed by atoms with Gasteiger partial charge in [0.1, 0.15) is 0 Å². The van der Waals surface area contributed by atoms with E-state index in [-0.39, 0.29) is 0 Å². The van der Waals surface area contributed by atoms with Gasteiger partial charge in [-0.3, -0.25) is 0 Å². The maximum atomic E-state index is 8.50. The third-order valence-electron chi connectivity index (χ3n) is 0. The van der Waals surface area contributed by atoms with E-state index >= 15 is 0 Å². The van der Waals surface area contributed by atoms with E-state index in [2.05, 4.69) is 5.40 Å². The van der Waals surface area contributed by atoms with E-state index in [1.165, 1.54) is 0 Å². The van der Waals surface area contributed by atoms with Crippen molar-refractivity contribution in [1.82, 2.24) is 0 Å². The molecular formula is H5NO2SiTi. The molecule has 0 amide bonds. The van der Waals surface area contributed by atoms with E-state index in [4.69, 9.17) is 6.65 Å². The maximum absolute atomic E-state index is 8.50. The first-order chi connectivity index (χ1) is 2.41. The molecule has 0 aliphatic rings. The Morgan fingerprint density at radius 3 is 1.40 bits per heavy atom. The Kier molecular flexibility index (Phi) is 44.7. The molecule has 0 aromatic rings. The number of hydrogen-bond acceptors (Lipinski definition) is 3. The number of rotatable bonds is 0. The summed E-state index contributed by atoms with van der Waals surface area (Å²) in [5, 5.41) is 4.64. The monoisotopic (exact) mass is 127 g/mol. The quantitative estimate of drug-likeness (QED) is 0.382. The number of nitrogens with two attached hydrogens (primary N) is 1. The molecular weight excluding hydrogens is 122 g/mol. The van der Waals surface area contributed by atoms with Gasteiger partial charge in [-0.15, -0.1) is 0 Å². The summed E-state index contributed by atoms with van der Waals surface area (Å²) in [4.78, 5) is 0. The van der Waals surface area contributed by atoms with Crippen LogP contribution in [0.5, 0.6) is 0 Å². The van der Waals surface area contributed by atoms with Gasteiger partial charge in [0.05, 0.1) is 10.4 Å². The average molecular weight is 127 g/mol. The zero-order valence-corrected chi connectivity index (χ0v) is 6.46.